The molecule has 1 aromatic rings. The first kappa shape index (κ1) is 16.6. The molecule has 0 spiro atoms. The minimum atomic E-state index is -3.71. The van der Waals surface area contributed by atoms with Crippen LogP contribution in [0.2, 0.25) is 0 Å². The smallest absolute Gasteiger partial charge is 0.338 e. The number of carbonyl (C=O) groups excluding carboxylic acids is 1. The van der Waals surface area contributed by atoms with Gasteiger partial charge in [-0.15, -0.1) is 0 Å². The maximum Gasteiger partial charge on any atom is 0.338 e. The van der Waals surface area contributed by atoms with Crippen LogP contribution >= 0.6 is 15.9 Å². The van der Waals surface area contributed by atoms with Gasteiger partial charge in [-0.05, 0) is 28.9 Å². The molecule has 0 bridgehead atoms. The average Bonchev–Trinajstić information content (AvgIpc) is 2.38. The number of benzene rings is 1. The number of nitro benzene ring substituents is 1. The summed E-state index contributed by atoms with van der Waals surface area (Å²) < 4.78 is 28.4. The minimum Gasteiger partial charge on any atom is -0.462 e. The van der Waals surface area contributed by atoms with E-state index in [9.17, 15) is 23.3 Å². The molecule has 0 fully saturated rings. The van der Waals surface area contributed by atoms with E-state index < -0.39 is 26.4 Å². The van der Waals surface area contributed by atoms with Crippen LogP contribution in [0.1, 0.15) is 24.2 Å². The lowest BCUT2D eigenvalue weighted by Gasteiger charge is -2.08. The monoisotopic (exact) mass is 365 g/mol. The third-order valence-electron chi connectivity index (χ3n) is 2.44. The van der Waals surface area contributed by atoms with Crippen LogP contribution < -0.4 is 0 Å². The predicted octanol–water partition coefficient (Wildman–Crippen LogP) is 2.33. The minimum absolute atomic E-state index is 0.0819. The Balaban J connectivity index is 3.60. The molecule has 110 valence electrons. The lowest BCUT2D eigenvalue weighted by molar-refractivity contribution is -0.385. The SMILES string of the molecule is CCOC(=O)c1cc([N+](=O)[O-])c(Br)c(S(=O)(=O)CC)c1. The van der Waals surface area contributed by atoms with Crippen molar-refractivity contribution < 1.29 is 22.9 Å². The van der Waals surface area contributed by atoms with Crippen LogP contribution in [0.15, 0.2) is 21.5 Å². The van der Waals surface area contributed by atoms with Crippen LogP contribution in [0.5, 0.6) is 0 Å². The number of halogens is 1. The summed E-state index contributed by atoms with van der Waals surface area (Å²) in [6.07, 6.45) is 0. The van der Waals surface area contributed by atoms with Crippen molar-refractivity contribution >= 4 is 37.4 Å². The largest absolute Gasteiger partial charge is 0.462 e. The fraction of sp³-hybridized carbons (Fsp3) is 0.364. The molecule has 0 amide bonds. The van der Waals surface area contributed by atoms with Gasteiger partial charge in [-0.25, -0.2) is 13.2 Å². The number of nitrogens with zero attached hydrogens (tertiary/aromatic N) is 1. The second kappa shape index (κ2) is 6.31. The highest BCUT2D eigenvalue weighted by molar-refractivity contribution is 9.10. The van der Waals surface area contributed by atoms with Gasteiger partial charge in [0.2, 0.25) is 0 Å². The number of sulfone groups is 1. The fourth-order valence-corrected chi connectivity index (χ4v) is 3.54. The topological polar surface area (TPSA) is 104 Å². The number of hydrogen-bond acceptors (Lipinski definition) is 6. The molecule has 7 nitrogen and oxygen atoms in total. The summed E-state index contributed by atoms with van der Waals surface area (Å²) in [6, 6.07) is 2.06. The number of esters is 1. The Hall–Kier alpha value is -1.48. The number of ether oxygens (including phenoxy) is 1. The van der Waals surface area contributed by atoms with E-state index in [4.69, 9.17) is 4.74 Å². The first-order valence-electron chi connectivity index (χ1n) is 5.62. The van der Waals surface area contributed by atoms with E-state index in [-0.39, 0.29) is 27.3 Å². The maximum atomic E-state index is 11.9. The summed E-state index contributed by atoms with van der Waals surface area (Å²) in [7, 11) is -3.71. The molecule has 0 aliphatic carbocycles. The van der Waals surface area contributed by atoms with Crippen molar-refractivity contribution in [3.05, 3.63) is 32.3 Å². The van der Waals surface area contributed by atoms with Gasteiger partial charge in [0, 0.05) is 6.07 Å². The first-order chi connectivity index (χ1) is 9.24. The zero-order valence-electron chi connectivity index (χ0n) is 10.8. The molecule has 1 rings (SSSR count). The van der Waals surface area contributed by atoms with E-state index in [0.717, 1.165) is 12.1 Å². The Bertz CT molecular complexity index is 655. The Morgan fingerprint density at radius 1 is 1.40 bits per heavy atom. The third-order valence-corrected chi connectivity index (χ3v) is 5.29. The maximum absolute atomic E-state index is 11.9. The van der Waals surface area contributed by atoms with Crippen molar-refractivity contribution in [3.63, 3.8) is 0 Å². The van der Waals surface area contributed by atoms with Crippen molar-refractivity contribution in [2.45, 2.75) is 18.7 Å². The van der Waals surface area contributed by atoms with Crippen LogP contribution in [-0.4, -0.2) is 31.7 Å². The highest BCUT2D eigenvalue weighted by Crippen LogP contribution is 2.33. The number of nitro groups is 1. The quantitative estimate of drug-likeness (QED) is 0.450. The van der Waals surface area contributed by atoms with Crippen LogP contribution in [-0.2, 0) is 14.6 Å². The van der Waals surface area contributed by atoms with Crippen molar-refractivity contribution in [2.24, 2.45) is 0 Å². The van der Waals surface area contributed by atoms with Crippen molar-refractivity contribution in [2.75, 3.05) is 12.4 Å². The summed E-state index contributed by atoms with van der Waals surface area (Å²) in [5.74, 6) is -1.05. The molecule has 0 heterocycles. The second-order valence-corrected chi connectivity index (χ2v) is 6.73. The van der Waals surface area contributed by atoms with Crippen LogP contribution in [0, 0.1) is 10.1 Å². The Morgan fingerprint density at radius 2 is 2.00 bits per heavy atom. The van der Waals surface area contributed by atoms with Gasteiger partial charge >= 0.3 is 5.97 Å². The van der Waals surface area contributed by atoms with E-state index in [1.807, 2.05) is 0 Å². The molecule has 1 aromatic carbocycles. The second-order valence-electron chi connectivity index (χ2n) is 3.69. The summed E-state index contributed by atoms with van der Waals surface area (Å²) in [4.78, 5) is 21.5. The van der Waals surface area contributed by atoms with Crippen LogP contribution in [0.3, 0.4) is 0 Å². The number of rotatable bonds is 5. The highest BCUT2D eigenvalue weighted by atomic mass is 79.9. The van der Waals surface area contributed by atoms with Gasteiger partial charge in [0.15, 0.2) is 9.84 Å². The Kier molecular flexibility index (Phi) is 5.23. The molecule has 20 heavy (non-hydrogen) atoms. The third kappa shape index (κ3) is 3.34. The lowest BCUT2D eigenvalue weighted by atomic mass is 10.2. The summed E-state index contributed by atoms with van der Waals surface area (Å²) >= 11 is 2.91. The molecular weight excluding hydrogens is 354 g/mol. The highest BCUT2D eigenvalue weighted by Gasteiger charge is 2.27. The van der Waals surface area contributed by atoms with E-state index in [2.05, 4.69) is 15.9 Å². The molecule has 0 unspecified atom stereocenters. The lowest BCUT2D eigenvalue weighted by Crippen LogP contribution is -2.11. The van der Waals surface area contributed by atoms with Gasteiger partial charge in [0.1, 0.15) is 4.47 Å². The zero-order valence-corrected chi connectivity index (χ0v) is 13.2. The Morgan fingerprint density at radius 3 is 2.45 bits per heavy atom. The molecule has 0 radical (unpaired) electrons. The van der Waals surface area contributed by atoms with Gasteiger partial charge in [-0.1, -0.05) is 6.92 Å². The summed E-state index contributed by atoms with van der Waals surface area (Å²) in [5, 5.41) is 11.0. The number of hydrogen-bond donors (Lipinski definition) is 0. The molecule has 0 aromatic heterocycles. The molecule has 9 heteroatoms. The molecule has 0 atom stereocenters. The predicted molar refractivity (Wildman–Crippen MR) is 74.5 cm³/mol. The molecule has 0 saturated heterocycles. The first-order valence-corrected chi connectivity index (χ1v) is 8.06. The number of carbonyl (C=O) groups is 1. The molecular formula is C11H12BrNO6S. The van der Waals surface area contributed by atoms with Gasteiger partial charge in [-0.2, -0.15) is 0 Å². The Labute approximate surface area is 124 Å². The van der Waals surface area contributed by atoms with Crippen molar-refractivity contribution in [1.29, 1.82) is 0 Å². The molecule has 0 saturated carbocycles. The van der Waals surface area contributed by atoms with Crippen LogP contribution in [0.25, 0.3) is 0 Å². The van der Waals surface area contributed by atoms with E-state index in [1.165, 1.54) is 6.92 Å². The van der Waals surface area contributed by atoms with Crippen molar-refractivity contribution in [1.82, 2.24) is 0 Å². The van der Waals surface area contributed by atoms with Gasteiger partial charge in [-0.3, -0.25) is 10.1 Å². The molecule has 0 aliphatic heterocycles. The van der Waals surface area contributed by atoms with Gasteiger partial charge < -0.3 is 4.74 Å². The van der Waals surface area contributed by atoms with Crippen LogP contribution in [0.4, 0.5) is 5.69 Å². The summed E-state index contributed by atoms with van der Waals surface area (Å²) in [6.45, 7) is 3.07. The van der Waals surface area contributed by atoms with E-state index in [1.54, 1.807) is 6.92 Å². The van der Waals surface area contributed by atoms with E-state index in [0.29, 0.717) is 0 Å². The van der Waals surface area contributed by atoms with Crippen molar-refractivity contribution in [3.8, 4) is 0 Å². The average molecular weight is 366 g/mol. The fourth-order valence-electron chi connectivity index (χ4n) is 1.43. The summed E-state index contributed by atoms with van der Waals surface area (Å²) in [5.41, 5.74) is -0.670. The standard InChI is InChI=1S/C11H12BrNO6S/c1-3-19-11(14)7-5-8(13(15)16)10(12)9(6-7)20(17,18)4-2/h5-6H,3-4H2,1-2H3. The molecule has 0 N–H and O–H groups in total. The zero-order chi connectivity index (χ0) is 15.5. The van der Waals surface area contributed by atoms with Gasteiger partial charge in [0.25, 0.3) is 5.69 Å². The van der Waals surface area contributed by atoms with Gasteiger partial charge in [0.05, 0.1) is 27.7 Å². The van der Waals surface area contributed by atoms with E-state index >= 15 is 0 Å². The normalized spacial score (nSPS) is 11.2. The molecule has 0 aliphatic rings.